The Morgan fingerprint density at radius 2 is 2.17 bits per heavy atom. The van der Waals surface area contributed by atoms with Gasteiger partial charge in [0.2, 0.25) is 0 Å². The van der Waals surface area contributed by atoms with Gasteiger partial charge in [0.15, 0.2) is 12.6 Å². The van der Waals surface area contributed by atoms with Crippen molar-refractivity contribution in [3.05, 3.63) is 29.8 Å². The van der Waals surface area contributed by atoms with Gasteiger partial charge in [-0.25, -0.2) is 4.99 Å². The Hall–Kier alpha value is -1.51. The molecule has 24 heavy (non-hydrogen) atoms. The predicted octanol–water partition coefficient (Wildman–Crippen LogP) is 1.98. The minimum absolute atomic E-state index is 0. The molecule has 0 bridgehead atoms. The summed E-state index contributed by atoms with van der Waals surface area (Å²) in [6.45, 7) is 1.43. The molecule has 0 unspecified atom stereocenters. The van der Waals surface area contributed by atoms with Gasteiger partial charge in [0.1, 0.15) is 5.75 Å². The van der Waals surface area contributed by atoms with Crippen molar-refractivity contribution in [2.24, 2.45) is 16.6 Å². The number of ether oxygens (including phenoxy) is 1. The molecular weight excluding hydrogens is 419 g/mol. The molecule has 1 amide bonds. The number of likely N-dealkylation sites (N-methyl/N-ethyl adjacent to an activating group) is 1. The normalized spacial score (nSPS) is 14.3. The first-order valence-corrected chi connectivity index (χ1v) is 8.00. The van der Waals surface area contributed by atoms with Crippen LogP contribution in [0.15, 0.2) is 29.3 Å². The number of hydrogen-bond donors (Lipinski definition) is 2. The van der Waals surface area contributed by atoms with E-state index in [1.165, 1.54) is 24.2 Å². The van der Waals surface area contributed by atoms with Crippen molar-refractivity contribution in [3.8, 4) is 5.75 Å². The molecule has 7 heteroatoms. The van der Waals surface area contributed by atoms with E-state index in [1.807, 2.05) is 24.3 Å². The third kappa shape index (κ3) is 6.94. The van der Waals surface area contributed by atoms with Crippen LogP contribution in [0.3, 0.4) is 0 Å². The zero-order valence-electron chi connectivity index (χ0n) is 14.3. The van der Waals surface area contributed by atoms with E-state index in [9.17, 15) is 4.79 Å². The molecule has 2 rings (SSSR count). The summed E-state index contributed by atoms with van der Waals surface area (Å²) in [5, 5.41) is 3.17. The number of aliphatic imine (C=N–C) groups is 1. The van der Waals surface area contributed by atoms with Gasteiger partial charge in [0.25, 0.3) is 5.91 Å². The largest absolute Gasteiger partial charge is 0.484 e. The zero-order valence-corrected chi connectivity index (χ0v) is 16.7. The van der Waals surface area contributed by atoms with Crippen molar-refractivity contribution in [2.45, 2.75) is 25.8 Å². The van der Waals surface area contributed by atoms with E-state index < -0.39 is 0 Å². The summed E-state index contributed by atoms with van der Waals surface area (Å²) in [6.07, 6.45) is 3.89. The lowest BCUT2D eigenvalue weighted by Crippen LogP contribution is -2.37. The number of carbonyl (C=O) groups excluding carboxylic acids is 1. The molecule has 0 atom stereocenters. The van der Waals surface area contributed by atoms with Crippen LogP contribution in [0, 0.1) is 5.92 Å². The predicted molar refractivity (Wildman–Crippen MR) is 107 cm³/mol. The lowest BCUT2D eigenvalue weighted by Gasteiger charge is -2.25. The molecule has 0 aliphatic heterocycles. The van der Waals surface area contributed by atoms with Crippen LogP contribution in [-0.4, -0.2) is 44.0 Å². The SMILES string of the molecule is CN(C)C(=O)COc1cccc(CN=C(N)NCC2CCC2)c1.I. The third-order valence-electron chi connectivity index (χ3n) is 3.99. The van der Waals surface area contributed by atoms with Gasteiger partial charge in [-0.05, 0) is 36.5 Å². The number of halogens is 1. The van der Waals surface area contributed by atoms with Crippen LogP contribution >= 0.6 is 24.0 Å². The van der Waals surface area contributed by atoms with Crippen molar-refractivity contribution < 1.29 is 9.53 Å². The second-order valence-corrected chi connectivity index (χ2v) is 6.10. The number of guanidine groups is 1. The topological polar surface area (TPSA) is 80.0 Å². The zero-order chi connectivity index (χ0) is 16.7. The molecule has 0 aromatic heterocycles. The van der Waals surface area contributed by atoms with E-state index in [0.29, 0.717) is 18.3 Å². The number of nitrogens with one attached hydrogen (secondary N) is 1. The Kier molecular flexibility index (Phi) is 8.88. The number of rotatable bonds is 7. The molecule has 1 fully saturated rings. The van der Waals surface area contributed by atoms with E-state index in [0.717, 1.165) is 18.0 Å². The first kappa shape index (κ1) is 20.5. The monoisotopic (exact) mass is 446 g/mol. The van der Waals surface area contributed by atoms with E-state index in [1.54, 1.807) is 14.1 Å². The van der Waals surface area contributed by atoms with Crippen LogP contribution in [0.5, 0.6) is 5.75 Å². The summed E-state index contributed by atoms with van der Waals surface area (Å²) in [5.41, 5.74) is 6.87. The highest BCUT2D eigenvalue weighted by Gasteiger charge is 2.16. The molecule has 1 saturated carbocycles. The van der Waals surface area contributed by atoms with Gasteiger partial charge in [0, 0.05) is 20.6 Å². The van der Waals surface area contributed by atoms with Crippen LogP contribution in [0.2, 0.25) is 0 Å². The number of benzene rings is 1. The summed E-state index contributed by atoms with van der Waals surface area (Å²) >= 11 is 0. The quantitative estimate of drug-likeness (QED) is 0.382. The third-order valence-corrected chi connectivity index (χ3v) is 3.99. The molecule has 0 radical (unpaired) electrons. The highest BCUT2D eigenvalue weighted by atomic mass is 127. The minimum Gasteiger partial charge on any atom is -0.484 e. The molecule has 3 N–H and O–H groups in total. The van der Waals surface area contributed by atoms with Gasteiger partial charge < -0.3 is 20.7 Å². The standard InChI is InChI=1S/C17H26N4O2.HI/c1-21(2)16(22)12-23-15-8-4-7-14(9-15)11-20-17(18)19-10-13-5-3-6-13;/h4,7-9,13H,3,5-6,10-12H2,1-2H3,(H3,18,19,20);1H. The Labute approximate surface area is 160 Å². The van der Waals surface area contributed by atoms with E-state index in [2.05, 4.69) is 10.3 Å². The number of nitrogens with zero attached hydrogens (tertiary/aromatic N) is 2. The molecule has 0 heterocycles. The van der Waals surface area contributed by atoms with Crippen LogP contribution in [0.25, 0.3) is 0 Å². The molecule has 6 nitrogen and oxygen atoms in total. The van der Waals surface area contributed by atoms with Gasteiger partial charge in [-0.2, -0.15) is 0 Å². The summed E-state index contributed by atoms with van der Waals surface area (Å²) in [7, 11) is 3.41. The fourth-order valence-corrected chi connectivity index (χ4v) is 2.19. The van der Waals surface area contributed by atoms with Gasteiger partial charge in [-0.1, -0.05) is 18.6 Å². The fourth-order valence-electron chi connectivity index (χ4n) is 2.19. The molecule has 0 spiro atoms. The average Bonchev–Trinajstić information content (AvgIpc) is 2.49. The summed E-state index contributed by atoms with van der Waals surface area (Å²) in [6, 6.07) is 7.56. The Balaban J connectivity index is 0.00000288. The van der Waals surface area contributed by atoms with E-state index in [4.69, 9.17) is 10.5 Å². The van der Waals surface area contributed by atoms with E-state index >= 15 is 0 Å². The maximum absolute atomic E-state index is 11.5. The Bertz CT molecular complexity index is 559. The van der Waals surface area contributed by atoms with Crippen molar-refractivity contribution in [2.75, 3.05) is 27.2 Å². The smallest absolute Gasteiger partial charge is 0.259 e. The Morgan fingerprint density at radius 3 is 2.79 bits per heavy atom. The number of carbonyl (C=O) groups is 1. The van der Waals surface area contributed by atoms with Crippen LogP contribution in [0.4, 0.5) is 0 Å². The van der Waals surface area contributed by atoms with Crippen molar-refractivity contribution >= 4 is 35.8 Å². The van der Waals surface area contributed by atoms with Crippen LogP contribution in [0.1, 0.15) is 24.8 Å². The lowest BCUT2D eigenvalue weighted by atomic mass is 9.85. The number of hydrogen-bond acceptors (Lipinski definition) is 3. The number of amides is 1. The van der Waals surface area contributed by atoms with Crippen LogP contribution < -0.4 is 15.8 Å². The number of nitrogens with two attached hydrogens (primary N) is 1. The van der Waals surface area contributed by atoms with Gasteiger partial charge in [-0.3, -0.25) is 4.79 Å². The highest BCUT2D eigenvalue weighted by Crippen LogP contribution is 2.25. The fraction of sp³-hybridized carbons (Fsp3) is 0.529. The highest BCUT2D eigenvalue weighted by molar-refractivity contribution is 14.0. The van der Waals surface area contributed by atoms with Crippen molar-refractivity contribution in [1.82, 2.24) is 10.2 Å². The minimum atomic E-state index is -0.0714. The average molecular weight is 446 g/mol. The first-order valence-electron chi connectivity index (χ1n) is 8.00. The van der Waals surface area contributed by atoms with E-state index in [-0.39, 0.29) is 36.5 Å². The molecule has 1 aliphatic rings. The van der Waals surface area contributed by atoms with Crippen molar-refractivity contribution in [1.29, 1.82) is 0 Å². The first-order chi connectivity index (χ1) is 11.0. The van der Waals surface area contributed by atoms with Gasteiger partial charge >= 0.3 is 0 Å². The van der Waals surface area contributed by atoms with Gasteiger partial charge in [0.05, 0.1) is 6.54 Å². The molecule has 1 aliphatic carbocycles. The molecule has 1 aromatic rings. The second-order valence-electron chi connectivity index (χ2n) is 6.10. The molecule has 1 aromatic carbocycles. The molecular formula is C17H27IN4O2. The molecule has 134 valence electrons. The second kappa shape index (κ2) is 10.4. The van der Waals surface area contributed by atoms with Crippen molar-refractivity contribution in [3.63, 3.8) is 0 Å². The molecule has 0 saturated heterocycles. The maximum atomic E-state index is 11.5. The lowest BCUT2D eigenvalue weighted by molar-refractivity contribution is -0.130. The summed E-state index contributed by atoms with van der Waals surface area (Å²) in [4.78, 5) is 17.4. The van der Waals surface area contributed by atoms with Gasteiger partial charge in [-0.15, -0.1) is 24.0 Å². The maximum Gasteiger partial charge on any atom is 0.259 e. The summed E-state index contributed by atoms with van der Waals surface area (Å²) < 4.78 is 5.49. The summed E-state index contributed by atoms with van der Waals surface area (Å²) in [5.74, 6) is 1.81. The Morgan fingerprint density at radius 1 is 1.42 bits per heavy atom. The van der Waals surface area contributed by atoms with Crippen LogP contribution in [-0.2, 0) is 11.3 Å².